The van der Waals surface area contributed by atoms with Crippen LogP contribution in [0.5, 0.6) is 0 Å². The molecule has 43 heavy (non-hydrogen) atoms. The van der Waals surface area contributed by atoms with Crippen LogP contribution in [-0.4, -0.2) is 73.5 Å². The zero-order chi connectivity index (χ0) is 30.1. The Morgan fingerprint density at radius 3 is 2.40 bits per heavy atom. The molecule has 0 saturated carbocycles. The van der Waals surface area contributed by atoms with E-state index in [1.54, 1.807) is 12.4 Å². The van der Waals surface area contributed by atoms with Gasteiger partial charge in [0.2, 0.25) is 11.8 Å². The molecule has 0 spiro atoms. The Balaban J connectivity index is 0.00000506. The maximum Gasteiger partial charge on any atom is 2.00 e. The second kappa shape index (κ2) is 16.2. The molecular weight excluding hydrogens is 608 g/mol. The van der Waals surface area contributed by atoms with E-state index < -0.39 is 36.3 Å². The third-order valence-corrected chi connectivity index (χ3v) is 7.00. The molecule has 1 aliphatic heterocycles. The number of aromatic nitrogens is 4. The van der Waals surface area contributed by atoms with Crippen molar-refractivity contribution >= 4 is 11.8 Å². The number of rotatable bonds is 13. The monoisotopic (exact) mass is 643 g/mol. The number of aliphatic hydroxyl groups excluding tert-OH is 2. The molecule has 3 aromatic rings. The molecule has 0 bridgehead atoms. The summed E-state index contributed by atoms with van der Waals surface area (Å²) in [6, 6.07) is 7.82. The van der Waals surface area contributed by atoms with Gasteiger partial charge < -0.3 is 25.6 Å². The van der Waals surface area contributed by atoms with Crippen LogP contribution in [0.1, 0.15) is 48.6 Å². The van der Waals surface area contributed by atoms with Gasteiger partial charge in [-0.15, -0.1) is 0 Å². The molecule has 1 saturated heterocycles. The summed E-state index contributed by atoms with van der Waals surface area (Å²) in [6.07, 6.45) is 4.08. The number of aliphatic hydroxyl groups is 2. The molecule has 4 heterocycles. The first-order chi connectivity index (χ1) is 20.2. The van der Waals surface area contributed by atoms with Gasteiger partial charge in [-0.1, -0.05) is 0 Å². The number of amides is 2. The first-order valence-electron chi connectivity index (χ1n) is 13.9. The van der Waals surface area contributed by atoms with E-state index >= 15 is 0 Å². The largest absolute Gasteiger partial charge is 2.00 e. The molecule has 1 aliphatic rings. The maximum absolute atomic E-state index is 12.3. The second-order valence-electron chi connectivity index (χ2n) is 10.3. The fraction of sp³-hybridized carbons (Fsp3) is 0.448. The van der Waals surface area contributed by atoms with Crippen molar-refractivity contribution in [3.05, 3.63) is 80.4 Å². The Morgan fingerprint density at radius 1 is 1.05 bits per heavy atom. The van der Waals surface area contributed by atoms with Crippen LogP contribution in [0.25, 0.3) is 11.4 Å². The molecule has 14 heteroatoms. The summed E-state index contributed by atoms with van der Waals surface area (Å²) < 4.78 is 6.64. The van der Waals surface area contributed by atoms with Crippen LogP contribution < -0.4 is 21.9 Å². The standard InChI is InChI=1S/C29H36N6O7.Cu/c1-18-7-9-30-21(13-18)22-14-19(8-10-31-22)3-2-4-25(38)32-11-12-33-26(39)6-5-20-16-35(29(41)34-28(20)40)27-15-23(37)24(17-36)42-27;/h7-10,13-14,16,23-24,27,36-37H,2-6,11-12,15,17H2,1H3,(H,32,38)(H,33,39)(H,34,40,41);/q;+2/t23-,24+,27+;/m0./s1. The number of nitrogens with zero attached hydrogens (tertiary/aromatic N) is 3. The van der Waals surface area contributed by atoms with E-state index in [1.807, 2.05) is 31.2 Å². The van der Waals surface area contributed by atoms with Crippen molar-refractivity contribution in [2.24, 2.45) is 0 Å². The number of aryl methyl sites for hydroxylation is 3. The van der Waals surface area contributed by atoms with Crippen LogP contribution in [0.15, 0.2) is 52.4 Å². The quantitative estimate of drug-likeness (QED) is 0.127. The van der Waals surface area contributed by atoms with Crippen molar-refractivity contribution in [3.63, 3.8) is 0 Å². The van der Waals surface area contributed by atoms with Gasteiger partial charge in [0.25, 0.3) is 5.56 Å². The van der Waals surface area contributed by atoms with Gasteiger partial charge in [-0.2, -0.15) is 0 Å². The minimum absolute atomic E-state index is 0. The summed E-state index contributed by atoms with van der Waals surface area (Å²) in [4.78, 5) is 59.9. The molecule has 233 valence electrons. The number of carbonyl (C=O) groups excluding carboxylic acids is 2. The maximum atomic E-state index is 12.3. The Hall–Kier alpha value is -3.68. The number of hydrogen-bond acceptors (Lipinski definition) is 9. The van der Waals surface area contributed by atoms with E-state index in [0.717, 1.165) is 27.1 Å². The summed E-state index contributed by atoms with van der Waals surface area (Å²) in [5.41, 5.74) is 2.67. The minimum atomic E-state index is -0.940. The van der Waals surface area contributed by atoms with E-state index in [4.69, 9.17) is 4.74 Å². The number of aromatic amines is 1. The first-order valence-corrected chi connectivity index (χ1v) is 13.9. The van der Waals surface area contributed by atoms with Crippen LogP contribution in [0, 0.1) is 6.92 Å². The number of ether oxygens (including phenoxy) is 1. The summed E-state index contributed by atoms with van der Waals surface area (Å²) in [7, 11) is 0. The molecule has 0 aliphatic carbocycles. The molecule has 1 radical (unpaired) electrons. The third kappa shape index (κ3) is 9.66. The van der Waals surface area contributed by atoms with Gasteiger partial charge in [-0.05, 0) is 61.6 Å². The van der Waals surface area contributed by atoms with Crippen molar-refractivity contribution in [2.45, 2.75) is 63.9 Å². The van der Waals surface area contributed by atoms with Gasteiger partial charge in [0.15, 0.2) is 0 Å². The van der Waals surface area contributed by atoms with Crippen molar-refractivity contribution < 1.29 is 41.6 Å². The predicted octanol–water partition coefficient (Wildman–Crippen LogP) is 0.128. The molecule has 3 aromatic heterocycles. The smallest absolute Gasteiger partial charge is 0.394 e. The van der Waals surface area contributed by atoms with Crippen LogP contribution in [0.4, 0.5) is 0 Å². The normalized spacial score (nSPS) is 17.7. The molecule has 2 amide bonds. The Morgan fingerprint density at radius 2 is 1.72 bits per heavy atom. The molecular formula is C29H36CuN6O7+2. The third-order valence-electron chi connectivity index (χ3n) is 7.00. The summed E-state index contributed by atoms with van der Waals surface area (Å²) >= 11 is 0. The van der Waals surface area contributed by atoms with Gasteiger partial charge in [0.1, 0.15) is 12.3 Å². The number of H-pyrrole nitrogens is 1. The Bertz CT molecular complexity index is 1510. The molecule has 4 rings (SSSR count). The molecule has 0 unspecified atom stereocenters. The molecule has 1 fully saturated rings. The number of hydrogen-bond donors (Lipinski definition) is 5. The van der Waals surface area contributed by atoms with E-state index in [9.17, 15) is 29.4 Å². The van der Waals surface area contributed by atoms with Crippen LogP contribution in [0.2, 0.25) is 0 Å². The Kier molecular flexibility index (Phi) is 12.8. The van der Waals surface area contributed by atoms with Crippen molar-refractivity contribution in [1.29, 1.82) is 0 Å². The minimum Gasteiger partial charge on any atom is -0.394 e. The van der Waals surface area contributed by atoms with Crippen LogP contribution >= 0.6 is 0 Å². The zero-order valence-corrected chi connectivity index (χ0v) is 24.7. The summed E-state index contributed by atoms with van der Waals surface area (Å²) in [5.74, 6) is -0.429. The van der Waals surface area contributed by atoms with Crippen LogP contribution in [-0.2, 0) is 44.2 Å². The van der Waals surface area contributed by atoms with Gasteiger partial charge in [-0.3, -0.25) is 33.9 Å². The predicted molar refractivity (Wildman–Crippen MR) is 152 cm³/mol. The fourth-order valence-electron chi connectivity index (χ4n) is 4.70. The van der Waals surface area contributed by atoms with E-state index in [0.29, 0.717) is 19.3 Å². The molecule has 5 N–H and O–H groups in total. The van der Waals surface area contributed by atoms with Crippen molar-refractivity contribution in [2.75, 3.05) is 19.7 Å². The number of pyridine rings is 2. The topological polar surface area (TPSA) is 189 Å². The van der Waals surface area contributed by atoms with E-state index in [-0.39, 0.29) is 66.8 Å². The zero-order valence-electron chi connectivity index (χ0n) is 23.7. The van der Waals surface area contributed by atoms with Gasteiger partial charge >= 0.3 is 22.8 Å². The number of carbonyl (C=O) groups is 2. The number of nitrogens with one attached hydrogen (secondary N) is 3. The van der Waals surface area contributed by atoms with Crippen molar-refractivity contribution in [3.8, 4) is 11.4 Å². The first kappa shape index (κ1) is 33.8. The van der Waals surface area contributed by atoms with Gasteiger partial charge in [0.05, 0.1) is 24.1 Å². The molecule has 0 aromatic carbocycles. The molecule has 13 nitrogen and oxygen atoms in total. The summed E-state index contributed by atoms with van der Waals surface area (Å²) in [6.45, 7) is 2.10. The Labute approximate surface area is 258 Å². The van der Waals surface area contributed by atoms with E-state index in [2.05, 4.69) is 25.6 Å². The van der Waals surface area contributed by atoms with Gasteiger partial charge in [0, 0.05) is 56.5 Å². The average Bonchev–Trinajstić information content (AvgIpc) is 3.35. The van der Waals surface area contributed by atoms with Gasteiger partial charge in [-0.25, -0.2) is 4.79 Å². The fourth-order valence-corrected chi connectivity index (χ4v) is 4.70. The molecule has 3 atom stereocenters. The van der Waals surface area contributed by atoms with Crippen molar-refractivity contribution in [1.82, 2.24) is 30.2 Å². The SMILES string of the molecule is Cc1ccnc(-c2cc(CCCC(=O)NCCNC(=O)CCc3cn([C@H]4C[C@H](O)[C@@H](CO)O4)c(=O)[nH]c3=O)ccn2)c1.[Cu+2]. The van der Waals surface area contributed by atoms with E-state index in [1.165, 1.54) is 6.20 Å². The average molecular weight is 644 g/mol. The second-order valence-corrected chi connectivity index (χ2v) is 10.3. The van der Waals surface area contributed by atoms with Crippen LogP contribution in [0.3, 0.4) is 0 Å². The summed E-state index contributed by atoms with van der Waals surface area (Å²) in [5, 5.41) is 24.7.